The number of hydrogen-bond acceptors (Lipinski definition) is 4. The average Bonchev–Trinajstić information content (AvgIpc) is 2.73. The number of rotatable bonds is 1. The second-order valence-electron chi connectivity index (χ2n) is 3.47. The van der Waals surface area contributed by atoms with Crippen LogP contribution >= 0.6 is 0 Å². The molecule has 16 heavy (non-hydrogen) atoms. The van der Waals surface area contributed by atoms with Gasteiger partial charge in [-0.15, -0.1) is 0 Å². The number of nitrogens with two attached hydrogens (primary N) is 1. The fourth-order valence-electron chi connectivity index (χ4n) is 1.59. The number of nitrogens with zero attached hydrogens (tertiary/aromatic N) is 2. The lowest BCUT2D eigenvalue weighted by atomic mass is 10.2. The third kappa shape index (κ3) is 1.40. The van der Waals surface area contributed by atoms with Crippen LogP contribution in [0.25, 0.3) is 22.4 Å². The largest absolute Gasteiger partial charge is 0.438 e. The average molecular weight is 211 g/mol. The van der Waals surface area contributed by atoms with Crippen LogP contribution in [0.15, 0.2) is 47.0 Å². The summed E-state index contributed by atoms with van der Waals surface area (Å²) in [6.45, 7) is 0. The number of fused-ring (bicyclic) bond motifs is 1. The van der Waals surface area contributed by atoms with Gasteiger partial charge in [-0.2, -0.15) is 4.98 Å². The van der Waals surface area contributed by atoms with Crippen LogP contribution < -0.4 is 5.73 Å². The Balaban J connectivity index is 2.19. The summed E-state index contributed by atoms with van der Waals surface area (Å²) in [6.07, 6.45) is 1.66. The third-order valence-electron chi connectivity index (χ3n) is 2.35. The van der Waals surface area contributed by atoms with Gasteiger partial charge in [0.1, 0.15) is 5.76 Å². The molecule has 2 aromatic heterocycles. The molecule has 0 aliphatic rings. The predicted molar refractivity (Wildman–Crippen MR) is 61.7 cm³/mol. The molecule has 3 aromatic rings. The molecule has 3 rings (SSSR count). The first-order valence-corrected chi connectivity index (χ1v) is 4.90. The molecule has 1 aromatic carbocycles. The van der Waals surface area contributed by atoms with E-state index in [2.05, 4.69) is 9.97 Å². The van der Waals surface area contributed by atoms with Crippen molar-refractivity contribution in [1.82, 2.24) is 9.97 Å². The maximum absolute atomic E-state index is 5.60. The summed E-state index contributed by atoms with van der Waals surface area (Å²) in [4.78, 5) is 7.94. The molecule has 0 unspecified atom stereocenters. The minimum atomic E-state index is 0.224. The van der Waals surface area contributed by atoms with Gasteiger partial charge in [0.2, 0.25) is 11.7 Å². The first-order chi connectivity index (χ1) is 7.83. The van der Waals surface area contributed by atoms with E-state index in [1.54, 1.807) is 6.20 Å². The van der Waals surface area contributed by atoms with E-state index in [9.17, 15) is 0 Å². The van der Waals surface area contributed by atoms with Crippen molar-refractivity contribution in [3.63, 3.8) is 0 Å². The maximum Gasteiger partial charge on any atom is 0.231 e. The highest BCUT2D eigenvalue weighted by Crippen LogP contribution is 2.26. The molecule has 0 aliphatic heterocycles. The first-order valence-electron chi connectivity index (χ1n) is 4.90. The smallest absolute Gasteiger partial charge is 0.231 e. The third-order valence-corrected chi connectivity index (χ3v) is 2.35. The Morgan fingerprint density at radius 1 is 1.12 bits per heavy atom. The molecular formula is C12H9N3O. The molecule has 0 aliphatic carbocycles. The van der Waals surface area contributed by atoms with E-state index in [0.717, 1.165) is 16.7 Å². The normalized spacial score (nSPS) is 10.8. The van der Waals surface area contributed by atoms with Crippen molar-refractivity contribution in [3.05, 3.63) is 42.6 Å². The minimum absolute atomic E-state index is 0.224. The van der Waals surface area contributed by atoms with Gasteiger partial charge in [-0.05, 0) is 6.07 Å². The van der Waals surface area contributed by atoms with E-state index in [4.69, 9.17) is 10.2 Å². The van der Waals surface area contributed by atoms with Gasteiger partial charge in [0, 0.05) is 11.8 Å². The van der Waals surface area contributed by atoms with Crippen molar-refractivity contribution >= 4 is 17.0 Å². The Bertz CT molecular complexity index is 631. The molecule has 0 saturated heterocycles. The molecule has 2 heterocycles. The molecule has 4 heteroatoms. The van der Waals surface area contributed by atoms with Crippen LogP contribution in [0.1, 0.15) is 0 Å². The van der Waals surface area contributed by atoms with Crippen molar-refractivity contribution in [1.29, 1.82) is 0 Å². The maximum atomic E-state index is 5.60. The SMILES string of the molecule is Nc1ncc2cc(-c3ccccc3)oc2n1. The molecule has 78 valence electrons. The number of nitrogen functional groups attached to an aromatic ring is 1. The van der Waals surface area contributed by atoms with Crippen LogP contribution in [0.3, 0.4) is 0 Å². The Morgan fingerprint density at radius 2 is 1.94 bits per heavy atom. The van der Waals surface area contributed by atoms with Gasteiger partial charge in [0.05, 0.1) is 5.39 Å². The molecular weight excluding hydrogens is 202 g/mol. The van der Waals surface area contributed by atoms with Crippen LogP contribution in [-0.2, 0) is 0 Å². The Hall–Kier alpha value is -2.36. The van der Waals surface area contributed by atoms with Crippen molar-refractivity contribution < 1.29 is 4.42 Å². The lowest BCUT2D eigenvalue weighted by Gasteiger charge is -1.93. The lowest BCUT2D eigenvalue weighted by Crippen LogP contribution is -1.91. The fourth-order valence-corrected chi connectivity index (χ4v) is 1.59. The van der Waals surface area contributed by atoms with E-state index >= 15 is 0 Å². The Morgan fingerprint density at radius 3 is 2.75 bits per heavy atom. The highest BCUT2D eigenvalue weighted by Gasteiger charge is 2.07. The highest BCUT2D eigenvalue weighted by molar-refractivity contribution is 5.79. The monoisotopic (exact) mass is 211 g/mol. The number of anilines is 1. The second-order valence-corrected chi connectivity index (χ2v) is 3.47. The van der Waals surface area contributed by atoms with Crippen molar-refractivity contribution in [2.45, 2.75) is 0 Å². The van der Waals surface area contributed by atoms with E-state index in [1.807, 2.05) is 36.4 Å². The standard InChI is InChI=1S/C12H9N3O/c13-12-14-7-9-6-10(16-11(9)15-12)8-4-2-1-3-5-8/h1-7H,(H2,13,14,15). The van der Waals surface area contributed by atoms with Crippen LogP contribution in [0.5, 0.6) is 0 Å². The molecule has 0 fully saturated rings. The summed E-state index contributed by atoms with van der Waals surface area (Å²) >= 11 is 0. The summed E-state index contributed by atoms with van der Waals surface area (Å²) in [7, 11) is 0. The summed E-state index contributed by atoms with van der Waals surface area (Å²) in [5.74, 6) is 0.997. The lowest BCUT2D eigenvalue weighted by molar-refractivity contribution is 0.618. The molecule has 0 spiro atoms. The second kappa shape index (κ2) is 3.34. The molecule has 0 amide bonds. The fraction of sp³-hybridized carbons (Fsp3) is 0. The van der Waals surface area contributed by atoms with Gasteiger partial charge in [0.25, 0.3) is 0 Å². The quantitative estimate of drug-likeness (QED) is 0.671. The zero-order valence-electron chi connectivity index (χ0n) is 8.42. The Labute approximate surface area is 91.7 Å². The summed E-state index contributed by atoms with van der Waals surface area (Å²) in [5, 5.41) is 0.855. The van der Waals surface area contributed by atoms with Gasteiger partial charge in [-0.1, -0.05) is 30.3 Å². The molecule has 0 bridgehead atoms. The van der Waals surface area contributed by atoms with Crippen LogP contribution in [0.2, 0.25) is 0 Å². The highest BCUT2D eigenvalue weighted by atomic mass is 16.3. The molecule has 4 nitrogen and oxygen atoms in total. The number of aromatic nitrogens is 2. The summed E-state index contributed by atoms with van der Waals surface area (Å²) in [5.41, 5.74) is 7.02. The Kier molecular flexibility index (Phi) is 1.86. The van der Waals surface area contributed by atoms with Crippen molar-refractivity contribution in [2.75, 3.05) is 5.73 Å². The number of hydrogen-bond donors (Lipinski definition) is 1. The summed E-state index contributed by atoms with van der Waals surface area (Å²) < 4.78 is 5.60. The zero-order chi connectivity index (χ0) is 11.0. The van der Waals surface area contributed by atoms with Crippen molar-refractivity contribution in [3.8, 4) is 11.3 Å². The first kappa shape index (κ1) is 8.91. The summed E-state index contributed by atoms with van der Waals surface area (Å²) in [6, 6.07) is 11.8. The van der Waals surface area contributed by atoms with Crippen molar-refractivity contribution in [2.24, 2.45) is 0 Å². The van der Waals surface area contributed by atoms with Gasteiger partial charge in [-0.3, -0.25) is 0 Å². The molecule has 0 radical (unpaired) electrons. The van der Waals surface area contributed by atoms with E-state index in [0.29, 0.717) is 5.71 Å². The number of benzene rings is 1. The van der Waals surface area contributed by atoms with Gasteiger partial charge in [0.15, 0.2) is 0 Å². The zero-order valence-corrected chi connectivity index (χ0v) is 8.42. The van der Waals surface area contributed by atoms with Crippen LogP contribution in [-0.4, -0.2) is 9.97 Å². The van der Waals surface area contributed by atoms with E-state index < -0.39 is 0 Å². The molecule has 0 atom stereocenters. The minimum Gasteiger partial charge on any atom is -0.438 e. The van der Waals surface area contributed by atoms with Crippen LogP contribution in [0, 0.1) is 0 Å². The van der Waals surface area contributed by atoms with Gasteiger partial charge >= 0.3 is 0 Å². The number of furan rings is 1. The van der Waals surface area contributed by atoms with E-state index in [-0.39, 0.29) is 5.95 Å². The molecule has 2 N–H and O–H groups in total. The van der Waals surface area contributed by atoms with Crippen LogP contribution in [0.4, 0.5) is 5.95 Å². The van der Waals surface area contributed by atoms with Gasteiger partial charge < -0.3 is 10.2 Å². The predicted octanol–water partition coefficient (Wildman–Crippen LogP) is 2.47. The van der Waals surface area contributed by atoms with Gasteiger partial charge in [-0.25, -0.2) is 4.98 Å². The van der Waals surface area contributed by atoms with E-state index in [1.165, 1.54) is 0 Å². The topological polar surface area (TPSA) is 64.9 Å². The molecule has 0 saturated carbocycles.